The van der Waals surface area contributed by atoms with Gasteiger partial charge in [0.2, 0.25) is 5.91 Å². The molecule has 0 saturated heterocycles. The van der Waals surface area contributed by atoms with Crippen LogP contribution in [0.5, 0.6) is 0 Å². The Labute approximate surface area is 182 Å². The summed E-state index contributed by atoms with van der Waals surface area (Å²) in [7, 11) is 0. The number of amides is 2. The Morgan fingerprint density at radius 3 is 2.52 bits per heavy atom. The van der Waals surface area contributed by atoms with Crippen LogP contribution in [-0.4, -0.2) is 23.0 Å². The van der Waals surface area contributed by atoms with Crippen LogP contribution in [0.1, 0.15) is 22.8 Å². The fraction of sp³-hybridized carbons (Fsp3) is 0.0455. The van der Waals surface area contributed by atoms with Crippen LogP contribution in [0, 0.1) is 10.1 Å². The average Bonchev–Trinajstić information content (AvgIpc) is 2.75. The third-order valence-corrected chi connectivity index (χ3v) is 5.09. The Morgan fingerprint density at radius 1 is 1.03 bits per heavy atom. The zero-order valence-corrected chi connectivity index (χ0v) is 17.3. The first-order valence-corrected chi connectivity index (χ1v) is 9.96. The number of nitro groups is 1. The van der Waals surface area contributed by atoms with Crippen LogP contribution >= 0.6 is 11.8 Å². The average molecular weight is 434 g/mol. The third-order valence-electron chi connectivity index (χ3n) is 3.99. The lowest BCUT2D eigenvalue weighted by Crippen LogP contribution is -2.18. The highest BCUT2D eigenvalue weighted by Crippen LogP contribution is 2.31. The Balaban J connectivity index is 1.78. The van der Waals surface area contributed by atoms with E-state index >= 15 is 0 Å². The number of hydrazone groups is 1. The zero-order chi connectivity index (χ0) is 22.2. The van der Waals surface area contributed by atoms with Gasteiger partial charge < -0.3 is 5.32 Å². The van der Waals surface area contributed by atoms with Gasteiger partial charge in [-0.05, 0) is 36.4 Å². The number of carbonyl (C=O) groups excluding carboxylic acids is 2. The normalized spacial score (nSPS) is 10.6. The van der Waals surface area contributed by atoms with Gasteiger partial charge in [0.05, 0.1) is 11.1 Å². The van der Waals surface area contributed by atoms with Crippen molar-refractivity contribution in [1.82, 2.24) is 5.43 Å². The van der Waals surface area contributed by atoms with Gasteiger partial charge in [0, 0.05) is 45.7 Å². The van der Waals surface area contributed by atoms with Gasteiger partial charge >= 0.3 is 0 Å². The van der Waals surface area contributed by atoms with Gasteiger partial charge in [-0.25, -0.2) is 5.43 Å². The topological polar surface area (TPSA) is 114 Å². The Hall–Kier alpha value is -3.98. The molecule has 8 nitrogen and oxygen atoms in total. The Bertz CT molecular complexity index is 1150. The molecule has 2 amide bonds. The van der Waals surface area contributed by atoms with Crippen LogP contribution in [0.2, 0.25) is 0 Å². The summed E-state index contributed by atoms with van der Waals surface area (Å²) >= 11 is 1.43. The molecular weight excluding hydrogens is 416 g/mol. The monoisotopic (exact) mass is 434 g/mol. The molecule has 0 spiro atoms. The zero-order valence-electron chi connectivity index (χ0n) is 16.4. The van der Waals surface area contributed by atoms with Crippen molar-refractivity contribution >= 4 is 41.2 Å². The predicted octanol–water partition coefficient (Wildman–Crippen LogP) is 4.47. The van der Waals surface area contributed by atoms with Crippen molar-refractivity contribution in [2.45, 2.75) is 16.7 Å². The second-order valence-corrected chi connectivity index (χ2v) is 7.47. The van der Waals surface area contributed by atoms with Crippen molar-refractivity contribution in [1.29, 1.82) is 0 Å². The van der Waals surface area contributed by atoms with Crippen LogP contribution in [0.25, 0.3) is 0 Å². The number of carbonyl (C=O) groups is 2. The highest BCUT2D eigenvalue weighted by molar-refractivity contribution is 7.99. The summed E-state index contributed by atoms with van der Waals surface area (Å²) in [6.45, 7) is 1.38. The first-order valence-electron chi connectivity index (χ1n) is 9.15. The summed E-state index contributed by atoms with van der Waals surface area (Å²) in [6, 6.07) is 20.4. The van der Waals surface area contributed by atoms with Crippen molar-refractivity contribution < 1.29 is 14.5 Å². The van der Waals surface area contributed by atoms with Gasteiger partial charge in [0.1, 0.15) is 0 Å². The van der Waals surface area contributed by atoms with Crippen molar-refractivity contribution in [3.63, 3.8) is 0 Å². The molecule has 9 heteroatoms. The van der Waals surface area contributed by atoms with E-state index in [-0.39, 0.29) is 11.6 Å². The molecule has 0 saturated carbocycles. The number of nitro benzene ring substituents is 1. The van der Waals surface area contributed by atoms with E-state index in [4.69, 9.17) is 0 Å². The molecule has 0 fully saturated rings. The molecule has 3 aromatic carbocycles. The lowest BCUT2D eigenvalue weighted by atomic mass is 10.2. The molecule has 0 aliphatic heterocycles. The first-order chi connectivity index (χ1) is 14.9. The first kappa shape index (κ1) is 21.7. The van der Waals surface area contributed by atoms with Crippen LogP contribution in [0.15, 0.2) is 87.7 Å². The summed E-state index contributed by atoms with van der Waals surface area (Å²) in [4.78, 5) is 35.9. The van der Waals surface area contributed by atoms with Crippen molar-refractivity contribution in [3.8, 4) is 0 Å². The molecule has 156 valence electrons. The van der Waals surface area contributed by atoms with Gasteiger partial charge in [0.15, 0.2) is 0 Å². The molecule has 0 aliphatic rings. The standard InChI is InChI=1S/C22H18N4O4S/c1-15(27)24-18-7-5-6-16(12-18)22(28)25-23-14-17-13-19(26(29)30)10-11-21(17)31-20-8-3-2-4-9-20/h2-14H,1H3,(H,24,27)(H,25,28)/b23-14+. The third kappa shape index (κ3) is 6.25. The number of benzene rings is 3. The lowest BCUT2D eigenvalue weighted by Gasteiger charge is -2.06. The van der Waals surface area contributed by atoms with Gasteiger partial charge in [0.25, 0.3) is 11.6 Å². The molecule has 31 heavy (non-hydrogen) atoms. The molecular formula is C22H18N4O4S. The Kier molecular flexibility index (Phi) is 7.13. The van der Waals surface area contributed by atoms with Crippen molar-refractivity contribution in [2.24, 2.45) is 5.10 Å². The van der Waals surface area contributed by atoms with Gasteiger partial charge in [-0.2, -0.15) is 5.10 Å². The highest BCUT2D eigenvalue weighted by atomic mass is 32.2. The molecule has 3 rings (SSSR count). The molecule has 0 bridgehead atoms. The molecule has 0 atom stereocenters. The van der Waals surface area contributed by atoms with Gasteiger partial charge in [-0.3, -0.25) is 19.7 Å². The molecule has 0 radical (unpaired) electrons. The van der Waals surface area contributed by atoms with Crippen LogP contribution in [-0.2, 0) is 4.79 Å². The van der Waals surface area contributed by atoms with E-state index in [1.165, 1.54) is 43.1 Å². The van der Waals surface area contributed by atoms with Crippen molar-refractivity contribution in [3.05, 3.63) is 94.0 Å². The fourth-order valence-corrected chi connectivity index (χ4v) is 3.54. The van der Waals surface area contributed by atoms with E-state index in [1.807, 2.05) is 30.3 Å². The molecule has 0 unspecified atom stereocenters. The smallest absolute Gasteiger partial charge is 0.271 e. The molecule has 0 aliphatic carbocycles. The number of anilines is 1. The maximum absolute atomic E-state index is 12.4. The number of hydrogen-bond acceptors (Lipinski definition) is 6. The van der Waals surface area contributed by atoms with Crippen LogP contribution in [0.3, 0.4) is 0 Å². The second kappa shape index (κ2) is 10.2. The summed E-state index contributed by atoms with van der Waals surface area (Å²) in [6.07, 6.45) is 1.37. The van der Waals surface area contributed by atoms with Gasteiger partial charge in [-0.15, -0.1) is 0 Å². The lowest BCUT2D eigenvalue weighted by molar-refractivity contribution is -0.384. The maximum Gasteiger partial charge on any atom is 0.271 e. The quantitative estimate of drug-likeness (QED) is 0.324. The highest BCUT2D eigenvalue weighted by Gasteiger charge is 2.11. The number of non-ortho nitro benzene ring substituents is 1. The maximum atomic E-state index is 12.4. The number of rotatable bonds is 7. The second-order valence-electron chi connectivity index (χ2n) is 6.36. The fourth-order valence-electron chi connectivity index (χ4n) is 2.63. The number of nitrogens with zero attached hydrogens (tertiary/aromatic N) is 2. The molecule has 0 heterocycles. The molecule has 0 aromatic heterocycles. The van der Waals surface area contributed by atoms with Crippen LogP contribution in [0.4, 0.5) is 11.4 Å². The number of nitrogens with one attached hydrogen (secondary N) is 2. The van der Waals surface area contributed by atoms with Gasteiger partial charge in [-0.1, -0.05) is 36.0 Å². The Morgan fingerprint density at radius 2 is 1.81 bits per heavy atom. The van der Waals surface area contributed by atoms with E-state index in [0.29, 0.717) is 16.8 Å². The van der Waals surface area contributed by atoms with E-state index in [0.717, 1.165) is 9.79 Å². The van der Waals surface area contributed by atoms with Crippen LogP contribution < -0.4 is 10.7 Å². The summed E-state index contributed by atoms with van der Waals surface area (Å²) in [5.74, 6) is -0.726. The minimum Gasteiger partial charge on any atom is -0.326 e. The minimum atomic E-state index is -0.486. The summed E-state index contributed by atoms with van der Waals surface area (Å²) < 4.78 is 0. The summed E-state index contributed by atoms with van der Waals surface area (Å²) in [5, 5.41) is 17.7. The number of hydrogen-bond donors (Lipinski definition) is 2. The van der Waals surface area contributed by atoms with E-state index in [2.05, 4.69) is 15.8 Å². The SMILES string of the molecule is CC(=O)Nc1cccc(C(=O)N/N=C/c2cc([N+](=O)[O-])ccc2Sc2ccccc2)c1. The summed E-state index contributed by atoms with van der Waals surface area (Å²) in [5.41, 5.74) is 3.62. The molecule has 3 aromatic rings. The van der Waals surface area contributed by atoms with E-state index in [9.17, 15) is 19.7 Å². The van der Waals surface area contributed by atoms with E-state index in [1.54, 1.807) is 24.3 Å². The van der Waals surface area contributed by atoms with E-state index < -0.39 is 10.8 Å². The molecule has 2 N–H and O–H groups in total. The largest absolute Gasteiger partial charge is 0.326 e. The van der Waals surface area contributed by atoms with Crippen molar-refractivity contribution in [2.75, 3.05) is 5.32 Å². The minimum absolute atomic E-state index is 0.0757. The predicted molar refractivity (Wildman–Crippen MR) is 119 cm³/mol.